The number of fused-ring (bicyclic) bond motifs is 1. The highest BCUT2D eigenvalue weighted by atomic mass is 16.6. The average molecular weight is 1130 g/mol. The van der Waals surface area contributed by atoms with Gasteiger partial charge >= 0.3 is 5.97 Å². The van der Waals surface area contributed by atoms with Gasteiger partial charge in [0.1, 0.15) is 42.3 Å². The summed E-state index contributed by atoms with van der Waals surface area (Å²) in [6, 6.07) is 8.26. The van der Waals surface area contributed by atoms with Gasteiger partial charge in [-0.15, -0.1) is 0 Å². The maximum absolute atomic E-state index is 15.4. The van der Waals surface area contributed by atoms with E-state index in [0.29, 0.717) is 31.2 Å². The molecule has 0 spiro atoms. The van der Waals surface area contributed by atoms with Crippen molar-refractivity contribution in [2.45, 2.75) is 200 Å². The fourth-order valence-electron chi connectivity index (χ4n) is 12.1. The van der Waals surface area contributed by atoms with Crippen LogP contribution in [-0.2, 0) is 60.7 Å². The molecule has 1 saturated carbocycles. The minimum absolute atomic E-state index is 0.00237. The van der Waals surface area contributed by atoms with Crippen molar-refractivity contribution < 1.29 is 53.0 Å². The minimum atomic E-state index is -1.96. The van der Waals surface area contributed by atoms with Crippen LogP contribution >= 0.6 is 0 Å². The second kappa shape index (κ2) is 29.0. The van der Waals surface area contributed by atoms with Crippen LogP contribution in [0.3, 0.4) is 0 Å². The SMILES string of the molecule is CC[C@@H](C)[C@@H]1NC(=O)[C@@H]2CCCN2C(=O)[C@H](Cc2ccccc2)N(C)C(=O)[C@H](Cc2ccccc2)NC(=O)[C@H](C(C)C)N(C)C(=O)[C@H](C2CCCCC2)OC(=O)[C@@H](C(C)(C)O)N(C)C(=O)[C@H](CC(C)C)NC(=O)[C@H](C(C)C)N(C)C1=O. The second-order valence-corrected chi connectivity index (χ2v) is 24.7. The number of esters is 1. The average Bonchev–Trinajstić information content (AvgIpc) is 3.95. The number of ether oxygens (including phenoxy) is 1. The highest BCUT2D eigenvalue weighted by Crippen LogP contribution is 2.32. The number of carbonyl (C=O) groups excluding carboxylic acids is 9. The van der Waals surface area contributed by atoms with E-state index < -0.39 is 137 Å². The molecule has 3 aliphatic rings. The van der Waals surface area contributed by atoms with Crippen LogP contribution in [0.25, 0.3) is 0 Å². The van der Waals surface area contributed by atoms with Crippen LogP contribution < -0.4 is 16.0 Å². The van der Waals surface area contributed by atoms with Gasteiger partial charge in [-0.2, -0.15) is 0 Å². The number of cyclic esters (lactones) is 1. The highest BCUT2D eigenvalue weighted by molar-refractivity contribution is 5.99. The molecular formula is C62H94N8O11. The van der Waals surface area contributed by atoms with E-state index in [-0.39, 0.29) is 38.1 Å². The zero-order valence-electron chi connectivity index (χ0n) is 50.6. The lowest BCUT2D eigenvalue weighted by Gasteiger charge is -2.40. The van der Waals surface area contributed by atoms with Crippen LogP contribution in [0.2, 0.25) is 0 Å². The summed E-state index contributed by atoms with van der Waals surface area (Å²) >= 11 is 0. The number of aliphatic hydroxyl groups is 1. The molecular weight excluding hydrogens is 1030 g/mol. The van der Waals surface area contributed by atoms with E-state index in [1.165, 1.54) is 61.6 Å². The molecule has 2 aliphatic heterocycles. The van der Waals surface area contributed by atoms with Crippen molar-refractivity contribution in [2.75, 3.05) is 34.7 Å². The Labute approximate surface area is 481 Å². The smallest absolute Gasteiger partial charge is 0.332 e. The van der Waals surface area contributed by atoms with Crippen molar-refractivity contribution in [1.82, 2.24) is 40.4 Å². The third-order valence-electron chi connectivity index (χ3n) is 16.7. The summed E-state index contributed by atoms with van der Waals surface area (Å²) in [4.78, 5) is 142. The molecule has 0 radical (unpaired) electrons. The number of likely N-dealkylation sites (N-methyl/N-ethyl adjacent to an activating group) is 4. The Morgan fingerprint density at radius 3 is 1.59 bits per heavy atom. The van der Waals surface area contributed by atoms with Gasteiger partial charge in [0, 0.05) is 53.5 Å². The van der Waals surface area contributed by atoms with E-state index in [0.717, 1.165) is 29.7 Å². The lowest BCUT2D eigenvalue weighted by molar-refractivity contribution is -0.178. The van der Waals surface area contributed by atoms with E-state index in [1.807, 2.05) is 88.4 Å². The molecule has 8 amide bonds. The molecule has 0 unspecified atom stereocenters. The zero-order chi connectivity index (χ0) is 60.2. The summed E-state index contributed by atoms with van der Waals surface area (Å²) in [5.41, 5.74) is -0.524. The Hall–Kier alpha value is -6.37. The zero-order valence-corrected chi connectivity index (χ0v) is 50.6. The molecule has 19 nitrogen and oxygen atoms in total. The number of hydrogen-bond donors (Lipinski definition) is 4. The van der Waals surface area contributed by atoms with Crippen molar-refractivity contribution in [3.63, 3.8) is 0 Å². The second-order valence-electron chi connectivity index (χ2n) is 24.7. The van der Waals surface area contributed by atoms with E-state index >= 15 is 19.2 Å². The van der Waals surface area contributed by atoms with Gasteiger partial charge in [-0.1, -0.05) is 142 Å². The Morgan fingerprint density at radius 2 is 1.09 bits per heavy atom. The molecule has 448 valence electrons. The number of amides is 8. The first-order valence-corrected chi connectivity index (χ1v) is 29.4. The number of rotatable bonds is 12. The van der Waals surface area contributed by atoms with Gasteiger partial charge in [0.2, 0.25) is 41.4 Å². The van der Waals surface area contributed by atoms with Gasteiger partial charge in [0.15, 0.2) is 12.1 Å². The van der Waals surface area contributed by atoms with Crippen LogP contribution in [0.4, 0.5) is 0 Å². The van der Waals surface area contributed by atoms with Crippen LogP contribution in [0.1, 0.15) is 138 Å². The summed E-state index contributed by atoms with van der Waals surface area (Å²) in [5.74, 6) is -8.29. The monoisotopic (exact) mass is 1130 g/mol. The molecule has 2 aromatic rings. The fourth-order valence-corrected chi connectivity index (χ4v) is 12.1. The van der Waals surface area contributed by atoms with Crippen LogP contribution in [0.5, 0.6) is 0 Å². The first-order chi connectivity index (χ1) is 38.1. The van der Waals surface area contributed by atoms with Gasteiger partial charge in [0.05, 0.1) is 5.60 Å². The first-order valence-electron chi connectivity index (χ1n) is 29.4. The summed E-state index contributed by atoms with van der Waals surface area (Å²) in [6.07, 6.45) is 3.26. The van der Waals surface area contributed by atoms with Crippen LogP contribution in [0, 0.1) is 29.6 Å². The maximum atomic E-state index is 15.4. The third-order valence-corrected chi connectivity index (χ3v) is 16.7. The number of nitrogens with one attached hydrogen (secondary N) is 3. The van der Waals surface area contributed by atoms with E-state index in [1.54, 1.807) is 27.7 Å². The van der Waals surface area contributed by atoms with Gasteiger partial charge in [-0.05, 0) is 80.8 Å². The standard InChI is InChI=1S/C62H94N8O11/c1-15-40(8)48-59(77)67(12)49(38(4)5)54(72)63-44(34-37(2)3)57(75)69(14)52(62(9,10)80)61(79)81-51(43-30-23-18-24-31-43)60(78)68(13)50(39(6)7)55(73)64-45(35-41-26-19-16-20-27-41)56(74)66(11)47(36-42-28-21-17-22-29-42)58(76)70-33-25-32-46(70)53(71)65-48/h16-17,19-22,26-29,37-40,43-52,80H,15,18,23-25,30-36H2,1-14H3,(H,63,72)(H,64,73)(H,65,71)/t40-,44+,45+,46+,47+,48+,49+,50+,51+,52+/m1/s1. The lowest BCUT2D eigenvalue weighted by Crippen LogP contribution is -2.63. The molecule has 10 atom stereocenters. The quantitative estimate of drug-likeness (QED) is 0.209. The Kier molecular flexibility index (Phi) is 23.5. The molecule has 2 saturated heterocycles. The Morgan fingerprint density at radius 1 is 0.580 bits per heavy atom. The molecule has 81 heavy (non-hydrogen) atoms. The number of carbonyl (C=O) groups is 9. The predicted molar refractivity (Wildman–Crippen MR) is 308 cm³/mol. The molecule has 2 heterocycles. The van der Waals surface area contributed by atoms with E-state index in [9.17, 15) is 29.1 Å². The van der Waals surface area contributed by atoms with Crippen molar-refractivity contribution in [3.8, 4) is 0 Å². The molecule has 1 aliphatic carbocycles. The largest absolute Gasteiger partial charge is 0.450 e. The molecule has 3 fully saturated rings. The summed E-state index contributed by atoms with van der Waals surface area (Å²) in [7, 11) is 5.76. The Balaban J connectivity index is 1.70. The number of benzene rings is 2. The highest BCUT2D eigenvalue weighted by Gasteiger charge is 2.48. The molecule has 4 N–H and O–H groups in total. The normalized spacial score (nSPS) is 27.1. The topological polar surface area (TPSA) is 235 Å². The van der Waals surface area contributed by atoms with Gasteiger partial charge < -0.3 is 50.3 Å². The molecule has 2 aromatic carbocycles. The van der Waals surface area contributed by atoms with Crippen LogP contribution in [-0.4, -0.2) is 178 Å². The lowest BCUT2D eigenvalue weighted by atomic mass is 9.84. The van der Waals surface area contributed by atoms with Crippen molar-refractivity contribution in [2.24, 2.45) is 29.6 Å². The maximum Gasteiger partial charge on any atom is 0.332 e. The molecule has 5 rings (SSSR count). The fraction of sp³-hybridized carbons (Fsp3) is 0.661. The predicted octanol–water partition coefficient (Wildman–Crippen LogP) is 4.91. The number of hydrogen-bond acceptors (Lipinski definition) is 11. The van der Waals surface area contributed by atoms with Crippen LogP contribution in [0.15, 0.2) is 60.7 Å². The third kappa shape index (κ3) is 16.4. The number of nitrogens with zero attached hydrogens (tertiary/aromatic N) is 5. The van der Waals surface area contributed by atoms with Crippen molar-refractivity contribution >= 4 is 53.2 Å². The molecule has 0 bridgehead atoms. The summed E-state index contributed by atoms with van der Waals surface area (Å²) in [5, 5.41) is 20.7. The minimum Gasteiger partial charge on any atom is -0.450 e. The Bertz CT molecular complexity index is 2500. The molecule has 0 aromatic heterocycles. The van der Waals surface area contributed by atoms with Crippen molar-refractivity contribution in [1.29, 1.82) is 0 Å². The van der Waals surface area contributed by atoms with Gasteiger partial charge in [-0.25, -0.2) is 4.79 Å². The summed E-state index contributed by atoms with van der Waals surface area (Å²) in [6.45, 7) is 17.3. The summed E-state index contributed by atoms with van der Waals surface area (Å²) < 4.78 is 6.28. The van der Waals surface area contributed by atoms with Gasteiger partial charge in [0.25, 0.3) is 5.91 Å². The van der Waals surface area contributed by atoms with Crippen molar-refractivity contribution in [3.05, 3.63) is 71.8 Å². The van der Waals surface area contributed by atoms with Gasteiger partial charge in [-0.3, -0.25) is 38.4 Å². The first kappa shape index (κ1) is 65.4. The van der Waals surface area contributed by atoms with E-state index in [4.69, 9.17) is 4.74 Å². The molecule has 19 heteroatoms. The van der Waals surface area contributed by atoms with E-state index in [2.05, 4.69) is 16.0 Å².